The van der Waals surface area contributed by atoms with E-state index in [4.69, 9.17) is 4.74 Å². The Morgan fingerprint density at radius 1 is 1.33 bits per heavy atom. The van der Waals surface area contributed by atoms with Gasteiger partial charge in [0.1, 0.15) is 6.54 Å². The average molecular weight is 356 g/mol. The van der Waals surface area contributed by atoms with Crippen LogP contribution in [0.3, 0.4) is 0 Å². The van der Waals surface area contributed by atoms with Crippen LogP contribution in [0.1, 0.15) is 13.8 Å². The zero-order chi connectivity index (χ0) is 14.4. The first-order valence-electron chi connectivity index (χ1n) is 5.30. The molecule has 0 rings (SSSR count). The van der Waals surface area contributed by atoms with E-state index in [2.05, 4.69) is 15.9 Å². The lowest BCUT2D eigenvalue weighted by atomic mass is 10.5. The average Bonchev–Trinajstić information content (AvgIpc) is 2.14. The molecule has 0 aromatic carbocycles. The number of nitrogens with zero attached hydrogens (tertiary/aromatic N) is 1. The zero-order valence-electron chi connectivity index (χ0n) is 10.2. The van der Waals surface area contributed by atoms with Crippen molar-refractivity contribution in [3.05, 3.63) is 0 Å². The summed E-state index contributed by atoms with van der Waals surface area (Å²) in [4.78, 5) is 0. The van der Waals surface area contributed by atoms with Crippen molar-refractivity contribution in [3.63, 3.8) is 0 Å². The molecule has 0 N–H and O–H groups in total. The molecule has 0 aromatic heterocycles. The lowest BCUT2D eigenvalue weighted by Gasteiger charge is -2.22. The second-order valence-corrected chi connectivity index (χ2v) is 6.75. The van der Waals surface area contributed by atoms with Crippen LogP contribution in [0.5, 0.6) is 0 Å². The topological polar surface area (TPSA) is 46.6 Å². The van der Waals surface area contributed by atoms with Crippen LogP contribution in [0.4, 0.5) is 13.2 Å². The molecule has 9 heteroatoms. The van der Waals surface area contributed by atoms with E-state index >= 15 is 0 Å². The number of sulfonamides is 1. The third-order valence-corrected chi connectivity index (χ3v) is 4.01. The summed E-state index contributed by atoms with van der Waals surface area (Å²) in [5.41, 5.74) is 0. The zero-order valence-corrected chi connectivity index (χ0v) is 12.6. The van der Waals surface area contributed by atoms with Crippen LogP contribution in [-0.2, 0) is 14.8 Å². The minimum atomic E-state index is -4.55. The monoisotopic (exact) mass is 355 g/mol. The molecule has 0 heterocycles. The van der Waals surface area contributed by atoms with Crippen molar-refractivity contribution in [2.45, 2.75) is 26.1 Å². The highest BCUT2D eigenvalue weighted by atomic mass is 79.9. The molecule has 0 aliphatic rings. The fourth-order valence-electron chi connectivity index (χ4n) is 1.13. The van der Waals surface area contributed by atoms with Gasteiger partial charge >= 0.3 is 6.18 Å². The highest BCUT2D eigenvalue weighted by Crippen LogP contribution is 2.19. The van der Waals surface area contributed by atoms with E-state index in [1.54, 1.807) is 13.8 Å². The summed E-state index contributed by atoms with van der Waals surface area (Å²) in [7, 11) is -3.96. The van der Waals surface area contributed by atoms with Gasteiger partial charge in [-0.2, -0.15) is 17.5 Å². The van der Waals surface area contributed by atoms with Crippen LogP contribution in [-0.4, -0.2) is 55.8 Å². The Balaban J connectivity index is 4.56. The SMILES string of the molecule is CC(C)OCCS(=O)(=O)N(CCBr)CC(F)(F)F. The van der Waals surface area contributed by atoms with Gasteiger partial charge in [-0.3, -0.25) is 0 Å². The van der Waals surface area contributed by atoms with E-state index in [9.17, 15) is 21.6 Å². The van der Waals surface area contributed by atoms with Crippen LogP contribution in [0, 0.1) is 0 Å². The molecule has 0 amide bonds. The van der Waals surface area contributed by atoms with E-state index in [1.807, 2.05) is 0 Å². The standard InChI is InChI=1S/C9H17BrF3NO3S/c1-8(2)17-5-6-18(15,16)14(4-3-10)7-9(11,12)13/h8H,3-7H2,1-2H3. The number of rotatable bonds is 8. The van der Waals surface area contributed by atoms with E-state index in [1.165, 1.54) is 0 Å². The lowest BCUT2D eigenvalue weighted by Crippen LogP contribution is -2.42. The largest absolute Gasteiger partial charge is 0.402 e. The maximum atomic E-state index is 12.3. The van der Waals surface area contributed by atoms with Gasteiger partial charge in [0.15, 0.2) is 0 Å². The smallest absolute Gasteiger partial charge is 0.378 e. The Hall–Kier alpha value is 0.140. The quantitative estimate of drug-likeness (QED) is 0.625. The van der Waals surface area contributed by atoms with Crippen LogP contribution >= 0.6 is 15.9 Å². The number of halogens is 4. The van der Waals surface area contributed by atoms with Crippen molar-refractivity contribution in [2.75, 3.05) is 30.8 Å². The summed E-state index contributed by atoms with van der Waals surface area (Å²) in [5, 5.41) is 0.146. The van der Waals surface area contributed by atoms with Crippen LogP contribution in [0.2, 0.25) is 0 Å². The maximum absolute atomic E-state index is 12.3. The maximum Gasteiger partial charge on any atom is 0.402 e. The fraction of sp³-hybridized carbons (Fsp3) is 1.00. The fourth-order valence-corrected chi connectivity index (χ4v) is 3.07. The summed E-state index contributed by atoms with van der Waals surface area (Å²) in [6.07, 6.45) is -4.71. The predicted octanol–water partition coefficient (Wildman–Crippen LogP) is 2.00. The molecule has 0 unspecified atom stereocenters. The Morgan fingerprint density at radius 2 is 1.89 bits per heavy atom. The summed E-state index contributed by atoms with van der Waals surface area (Å²) in [6.45, 7) is 1.64. The Bertz CT molecular complexity index is 332. The molecule has 0 bridgehead atoms. The van der Waals surface area contributed by atoms with Gasteiger partial charge in [0.25, 0.3) is 0 Å². The summed E-state index contributed by atoms with van der Waals surface area (Å²) in [5.74, 6) is -0.450. The van der Waals surface area contributed by atoms with Gasteiger partial charge in [-0.15, -0.1) is 0 Å². The molecule has 0 atom stereocenters. The van der Waals surface area contributed by atoms with Crippen molar-refractivity contribution in [1.29, 1.82) is 0 Å². The Kier molecular flexibility index (Phi) is 7.72. The molecule has 0 aliphatic heterocycles. The molecule has 0 spiro atoms. The number of ether oxygens (including phenoxy) is 1. The van der Waals surface area contributed by atoms with Gasteiger partial charge < -0.3 is 4.74 Å². The van der Waals surface area contributed by atoms with Gasteiger partial charge in [0, 0.05) is 11.9 Å². The lowest BCUT2D eigenvalue weighted by molar-refractivity contribution is -0.135. The van der Waals surface area contributed by atoms with Gasteiger partial charge in [0.2, 0.25) is 10.0 Å². The van der Waals surface area contributed by atoms with Crippen molar-refractivity contribution in [2.24, 2.45) is 0 Å². The summed E-state index contributed by atoms with van der Waals surface area (Å²) >= 11 is 2.94. The molecule has 0 fully saturated rings. The minimum absolute atomic E-state index is 0.114. The van der Waals surface area contributed by atoms with E-state index in [0.717, 1.165) is 0 Å². The summed E-state index contributed by atoms with van der Waals surface area (Å²) < 4.78 is 65.6. The first-order chi connectivity index (χ1) is 8.08. The van der Waals surface area contributed by atoms with Crippen molar-refractivity contribution < 1.29 is 26.3 Å². The molecule has 0 saturated heterocycles. The highest BCUT2D eigenvalue weighted by molar-refractivity contribution is 9.09. The second-order valence-electron chi connectivity index (χ2n) is 3.87. The number of alkyl halides is 4. The second kappa shape index (κ2) is 7.66. The molecule has 4 nitrogen and oxygen atoms in total. The Morgan fingerprint density at radius 3 is 2.28 bits per heavy atom. The van der Waals surface area contributed by atoms with E-state index in [-0.39, 0.29) is 24.6 Å². The predicted molar refractivity (Wildman–Crippen MR) is 66.3 cm³/mol. The van der Waals surface area contributed by atoms with Crippen LogP contribution in [0.15, 0.2) is 0 Å². The third-order valence-electron chi connectivity index (χ3n) is 1.88. The molecule has 0 radical (unpaired) electrons. The minimum Gasteiger partial charge on any atom is -0.378 e. The van der Waals surface area contributed by atoms with E-state index < -0.39 is 28.5 Å². The third kappa shape index (κ3) is 8.28. The highest BCUT2D eigenvalue weighted by Gasteiger charge is 2.35. The van der Waals surface area contributed by atoms with Crippen LogP contribution < -0.4 is 0 Å². The van der Waals surface area contributed by atoms with Gasteiger partial charge in [0.05, 0.1) is 18.5 Å². The molecule has 110 valence electrons. The van der Waals surface area contributed by atoms with Crippen molar-refractivity contribution in [1.82, 2.24) is 4.31 Å². The first-order valence-corrected chi connectivity index (χ1v) is 8.03. The molecule has 0 aliphatic carbocycles. The number of hydrogen-bond acceptors (Lipinski definition) is 3. The van der Waals surface area contributed by atoms with Crippen LogP contribution in [0.25, 0.3) is 0 Å². The molecular formula is C9H17BrF3NO3S. The molecule has 0 aromatic rings. The molecule has 18 heavy (non-hydrogen) atoms. The van der Waals surface area contributed by atoms with Gasteiger partial charge in [-0.25, -0.2) is 8.42 Å². The first kappa shape index (κ1) is 18.1. The van der Waals surface area contributed by atoms with E-state index in [0.29, 0.717) is 4.31 Å². The molecule has 0 saturated carbocycles. The van der Waals surface area contributed by atoms with Crippen molar-refractivity contribution >= 4 is 26.0 Å². The normalized spacial score (nSPS) is 13.6. The Labute approximate surface area is 114 Å². The van der Waals surface area contributed by atoms with Gasteiger partial charge in [-0.05, 0) is 13.8 Å². The molecular weight excluding hydrogens is 339 g/mol. The number of hydrogen-bond donors (Lipinski definition) is 0. The summed E-state index contributed by atoms with van der Waals surface area (Å²) in [6, 6.07) is 0. The van der Waals surface area contributed by atoms with Gasteiger partial charge in [-0.1, -0.05) is 15.9 Å². The van der Waals surface area contributed by atoms with Crippen molar-refractivity contribution in [3.8, 4) is 0 Å².